The van der Waals surface area contributed by atoms with Crippen molar-refractivity contribution >= 4 is 28.1 Å². The molecule has 6 heteroatoms. The molecular weight excluding hydrogens is 293 g/mol. The summed E-state index contributed by atoms with van der Waals surface area (Å²) in [7, 11) is 0. The molecule has 0 fully saturated rings. The van der Waals surface area contributed by atoms with Crippen LogP contribution in [0.4, 0.5) is 4.39 Å². The molecular formula is C10H9BrFN3S. The lowest BCUT2D eigenvalue weighted by Crippen LogP contribution is -2.02. The molecule has 2 rings (SSSR count). The number of aromatic nitrogens is 3. The minimum atomic E-state index is -0.463. The fraction of sp³-hybridized carbons (Fsp3) is 0.200. The van der Waals surface area contributed by atoms with Gasteiger partial charge >= 0.3 is 0 Å². The Balaban J connectivity index is 2.51. The summed E-state index contributed by atoms with van der Waals surface area (Å²) in [6.07, 6.45) is 0. The summed E-state index contributed by atoms with van der Waals surface area (Å²) in [4.78, 5) is 0. The van der Waals surface area contributed by atoms with Gasteiger partial charge in [-0.2, -0.15) is 5.10 Å². The highest BCUT2D eigenvalue weighted by molar-refractivity contribution is 9.10. The number of rotatable bonds is 3. The van der Waals surface area contributed by atoms with Crippen molar-refractivity contribution in [2.75, 3.05) is 6.67 Å². The zero-order valence-corrected chi connectivity index (χ0v) is 10.7. The van der Waals surface area contributed by atoms with E-state index in [1.54, 1.807) is 4.57 Å². The highest BCUT2D eigenvalue weighted by Crippen LogP contribution is 2.21. The van der Waals surface area contributed by atoms with E-state index < -0.39 is 6.67 Å². The molecule has 0 spiro atoms. The molecule has 0 radical (unpaired) electrons. The second kappa shape index (κ2) is 4.88. The molecule has 0 aliphatic heterocycles. The van der Waals surface area contributed by atoms with Crippen LogP contribution < -0.4 is 0 Å². The Bertz CT molecular complexity index is 549. The van der Waals surface area contributed by atoms with Gasteiger partial charge in [-0.15, -0.1) is 0 Å². The SMILES string of the molecule is FCCn1c(-c2cccc(Br)c2)n[nH]c1=S. The summed E-state index contributed by atoms with van der Waals surface area (Å²) < 4.78 is 15.4. The van der Waals surface area contributed by atoms with Gasteiger partial charge in [0, 0.05) is 10.0 Å². The lowest BCUT2D eigenvalue weighted by molar-refractivity contribution is 0.445. The standard InChI is InChI=1S/C10H9BrFN3S/c11-8-3-1-2-7(6-8)9-13-14-10(16)15(9)5-4-12/h1-3,6H,4-5H2,(H,14,16). The van der Waals surface area contributed by atoms with E-state index in [2.05, 4.69) is 26.1 Å². The van der Waals surface area contributed by atoms with Crippen LogP contribution in [0, 0.1) is 4.77 Å². The lowest BCUT2D eigenvalue weighted by atomic mass is 10.2. The van der Waals surface area contributed by atoms with Crippen molar-refractivity contribution < 1.29 is 4.39 Å². The van der Waals surface area contributed by atoms with Crippen LogP contribution >= 0.6 is 28.1 Å². The number of nitrogens with one attached hydrogen (secondary N) is 1. The van der Waals surface area contributed by atoms with Crippen molar-refractivity contribution in [3.05, 3.63) is 33.5 Å². The molecule has 3 nitrogen and oxygen atoms in total. The van der Waals surface area contributed by atoms with Crippen molar-refractivity contribution in [1.29, 1.82) is 0 Å². The van der Waals surface area contributed by atoms with Crippen molar-refractivity contribution in [1.82, 2.24) is 14.8 Å². The van der Waals surface area contributed by atoms with Crippen LogP contribution in [0.25, 0.3) is 11.4 Å². The number of alkyl halides is 1. The summed E-state index contributed by atoms with van der Waals surface area (Å²) in [6.45, 7) is -0.244. The predicted octanol–water partition coefficient (Wildman–Crippen LogP) is 3.34. The number of halogens is 2. The Morgan fingerprint density at radius 1 is 1.50 bits per heavy atom. The molecule has 1 aromatic carbocycles. The second-order valence-electron chi connectivity index (χ2n) is 3.20. The number of H-pyrrole nitrogens is 1. The smallest absolute Gasteiger partial charge is 0.195 e. The molecule has 0 bridgehead atoms. The van der Waals surface area contributed by atoms with E-state index in [-0.39, 0.29) is 6.54 Å². The molecule has 0 atom stereocenters. The molecule has 0 aliphatic rings. The van der Waals surface area contributed by atoms with Gasteiger partial charge in [-0.25, -0.2) is 4.39 Å². The fourth-order valence-corrected chi connectivity index (χ4v) is 2.08. The van der Waals surface area contributed by atoms with Gasteiger partial charge in [-0.3, -0.25) is 9.67 Å². The van der Waals surface area contributed by atoms with Gasteiger partial charge in [-0.1, -0.05) is 28.1 Å². The molecule has 0 saturated carbocycles. The number of hydrogen-bond acceptors (Lipinski definition) is 2. The first-order chi connectivity index (χ1) is 7.72. The highest BCUT2D eigenvalue weighted by atomic mass is 79.9. The van der Waals surface area contributed by atoms with E-state index in [1.807, 2.05) is 24.3 Å². The summed E-state index contributed by atoms with van der Waals surface area (Å²) >= 11 is 8.42. The summed E-state index contributed by atoms with van der Waals surface area (Å²) in [6, 6.07) is 7.64. The van der Waals surface area contributed by atoms with Crippen LogP contribution in [0.15, 0.2) is 28.7 Å². The van der Waals surface area contributed by atoms with E-state index in [9.17, 15) is 4.39 Å². The minimum Gasteiger partial charge on any atom is -0.298 e. The first kappa shape index (κ1) is 11.5. The molecule has 16 heavy (non-hydrogen) atoms. The lowest BCUT2D eigenvalue weighted by Gasteiger charge is -2.04. The number of benzene rings is 1. The van der Waals surface area contributed by atoms with E-state index in [0.29, 0.717) is 10.6 Å². The van der Waals surface area contributed by atoms with Crippen molar-refractivity contribution in [2.45, 2.75) is 6.54 Å². The Morgan fingerprint density at radius 3 is 3.00 bits per heavy atom. The highest BCUT2D eigenvalue weighted by Gasteiger charge is 2.08. The van der Waals surface area contributed by atoms with Crippen LogP contribution in [0.3, 0.4) is 0 Å². The van der Waals surface area contributed by atoms with E-state index in [4.69, 9.17) is 12.2 Å². The number of hydrogen-bond donors (Lipinski definition) is 1. The van der Waals surface area contributed by atoms with Gasteiger partial charge < -0.3 is 0 Å². The fourth-order valence-electron chi connectivity index (χ4n) is 1.46. The summed E-state index contributed by atoms with van der Waals surface area (Å²) in [5.41, 5.74) is 0.898. The van der Waals surface area contributed by atoms with E-state index >= 15 is 0 Å². The topological polar surface area (TPSA) is 33.6 Å². The van der Waals surface area contributed by atoms with Crippen LogP contribution in [0.5, 0.6) is 0 Å². The largest absolute Gasteiger partial charge is 0.298 e. The quantitative estimate of drug-likeness (QED) is 0.882. The first-order valence-electron chi connectivity index (χ1n) is 4.69. The zero-order chi connectivity index (χ0) is 11.5. The maximum Gasteiger partial charge on any atom is 0.195 e. The molecule has 0 amide bonds. The van der Waals surface area contributed by atoms with Crippen molar-refractivity contribution in [2.24, 2.45) is 0 Å². The Hall–Kier alpha value is -1.01. The molecule has 84 valence electrons. The molecule has 2 aromatic rings. The molecule has 1 N–H and O–H groups in total. The monoisotopic (exact) mass is 301 g/mol. The van der Waals surface area contributed by atoms with Crippen LogP contribution in [-0.2, 0) is 6.54 Å². The Morgan fingerprint density at radius 2 is 2.31 bits per heavy atom. The van der Waals surface area contributed by atoms with Crippen molar-refractivity contribution in [3.63, 3.8) is 0 Å². The van der Waals surface area contributed by atoms with E-state index in [1.165, 1.54) is 0 Å². The van der Waals surface area contributed by atoms with Crippen molar-refractivity contribution in [3.8, 4) is 11.4 Å². The van der Waals surface area contributed by atoms with Gasteiger partial charge in [0.1, 0.15) is 6.67 Å². The van der Waals surface area contributed by atoms with Gasteiger partial charge in [0.25, 0.3) is 0 Å². The summed E-state index contributed by atoms with van der Waals surface area (Å²) in [5.74, 6) is 0.656. The number of nitrogens with zero attached hydrogens (tertiary/aromatic N) is 2. The molecule has 0 unspecified atom stereocenters. The maximum atomic E-state index is 12.4. The number of aromatic amines is 1. The maximum absolute atomic E-state index is 12.4. The normalized spacial score (nSPS) is 10.6. The Labute approximate surface area is 105 Å². The average molecular weight is 302 g/mol. The third kappa shape index (κ3) is 2.22. The van der Waals surface area contributed by atoms with Gasteiger partial charge in [0.2, 0.25) is 0 Å². The third-order valence-electron chi connectivity index (χ3n) is 2.15. The minimum absolute atomic E-state index is 0.219. The molecule has 0 aliphatic carbocycles. The van der Waals surface area contributed by atoms with Gasteiger partial charge in [-0.05, 0) is 24.4 Å². The third-order valence-corrected chi connectivity index (χ3v) is 2.95. The van der Waals surface area contributed by atoms with E-state index in [0.717, 1.165) is 10.0 Å². The molecule has 1 aromatic heterocycles. The first-order valence-corrected chi connectivity index (χ1v) is 5.89. The molecule has 1 heterocycles. The summed E-state index contributed by atoms with van der Waals surface area (Å²) in [5, 5.41) is 6.78. The van der Waals surface area contributed by atoms with Crippen LogP contribution in [-0.4, -0.2) is 21.4 Å². The molecule has 0 saturated heterocycles. The Kier molecular flexibility index (Phi) is 3.50. The second-order valence-corrected chi connectivity index (χ2v) is 4.51. The van der Waals surface area contributed by atoms with Crippen LogP contribution in [0.2, 0.25) is 0 Å². The zero-order valence-electron chi connectivity index (χ0n) is 8.28. The predicted molar refractivity (Wildman–Crippen MR) is 66.5 cm³/mol. The van der Waals surface area contributed by atoms with Gasteiger partial charge in [0.15, 0.2) is 10.6 Å². The average Bonchev–Trinajstić information content (AvgIpc) is 2.61. The van der Waals surface area contributed by atoms with Crippen LogP contribution in [0.1, 0.15) is 0 Å². The van der Waals surface area contributed by atoms with Gasteiger partial charge in [0.05, 0.1) is 6.54 Å².